The maximum atomic E-state index is 12.4. The van der Waals surface area contributed by atoms with E-state index < -0.39 is 0 Å². The normalized spacial score (nSPS) is 16.7. The number of para-hydroxylation sites is 1. The smallest absolute Gasteiger partial charge is 0.253 e. The van der Waals surface area contributed by atoms with E-state index in [-0.39, 0.29) is 12.1 Å². The Kier molecular flexibility index (Phi) is 5.69. The lowest BCUT2D eigenvalue weighted by Gasteiger charge is -2.26. The van der Waals surface area contributed by atoms with E-state index in [1.807, 2.05) is 30.3 Å². The van der Waals surface area contributed by atoms with Gasteiger partial charge in [0.1, 0.15) is 11.9 Å². The van der Waals surface area contributed by atoms with Gasteiger partial charge in [-0.1, -0.05) is 42.5 Å². The molecule has 0 aliphatic carbocycles. The van der Waals surface area contributed by atoms with Gasteiger partial charge in [-0.15, -0.1) is 0 Å². The van der Waals surface area contributed by atoms with Gasteiger partial charge >= 0.3 is 0 Å². The number of benzene rings is 3. The number of hydrogen-bond donors (Lipinski definition) is 3. The number of rotatable bonds is 7. The average Bonchev–Trinajstić information content (AvgIpc) is 3.12. The van der Waals surface area contributed by atoms with Crippen LogP contribution >= 0.6 is 0 Å². The second-order valence-electron chi connectivity index (χ2n) is 8.21. The number of anilines is 2. The third-order valence-electron chi connectivity index (χ3n) is 6.18. The Morgan fingerprint density at radius 2 is 1.81 bits per heavy atom. The molecular weight excluding hydrogens is 400 g/mol. The predicted molar refractivity (Wildman–Crippen MR) is 127 cm³/mol. The van der Waals surface area contributed by atoms with Crippen molar-refractivity contribution in [2.45, 2.75) is 19.1 Å². The van der Waals surface area contributed by atoms with Crippen LogP contribution in [0, 0.1) is 0 Å². The highest BCUT2D eigenvalue weighted by Crippen LogP contribution is 2.43. The Balaban J connectivity index is 1.20. The molecule has 32 heavy (non-hydrogen) atoms. The average molecular weight is 429 g/mol. The molecule has 2 aliphatic heterocycles. The Labute approximate surface area is 188 Å². The second kappa shape index (κ2) is 8.93. The minimum Gasteiger partial charge on any atom is -0.497 e. The molecular formula is C26H28N4O2. The van der Waals surface area contributed by atoms with Crippen LogP contribution in [0.1, 0.15) is 33.2 Å². The first-order chi connectivity index (χ1) is 15.7. The third-order valence-corrected chi connectivity index (χ3v) is 6.18. The number of nitrogens with one attached hydrogen (secondary N) is 3. The lowest BCUT2D eigenvalue weighted by atomic mass is 10.1. The molecule has 3 N–H and O–H groups in total. The van der Waals surface area contributed by atoms with Gasteiger partial charge in [-0.3, -0.25) is 4.79 Å². The molecule has 6 heteroatoms. The number of carbonyl (C=O) groups is 1. The molecule has 0 saturated carbocycles. The lowest BCUT2D eigenvalue weighted by molar-refractivity contribution is 0.0958. The summed E-state index contributed by atoms with van der Waals surface area (Å²) in [5.74, 6) is 0.892. The zero-order valence-corrected chi connectivity index (χ0v) is 18.2. The minimum absolute atomic E-state index is 0.00265. The number of carbonyl (C=O) groups excluding carboxylic acids is 1. The molecule has 6 nitrogen and oxygen atoms in total. The van der Waals surface area contributed by atoms with Crippen LogP contribution in [0.15, 0.2) is 66.7 Å². The number of nitrogens with zero attached hydrogens (tertiary/aromatic N) is 1. The Morgan fingerprint density at radius 1 is 1.03 bits per heavy atom. The van der Waals surface area contributed by atoms with Gasteiger partial charge in [0.25, 0.3) is 5.91 Å². The van der Waals surface area contributed by atoms with Crippen LogP contribution in [0.5, 0.6) is 5.75 Å². The van der Waals surface area contributed by atoms with Crippen LogP contribution in [0.2, 0.25) is 0 Å². The van der Waals surface area contributed by atoms with Gasteiger partial charge in [-0.05, 0) is 53.9 Å². The summed E-state index contributed by atoms with van der Waals surface area (Å²) in [6, 6.07) is 22.8. The molecule has 3 aromatic rings. The molecule has 1 atom stereocenters. The lowest BCUT2D eigenvalue weighted by Crippen LogP contribution is -2.33. The SMILES string of the molecule is COc1ccc(CCNCc2ccc(C3Nc4cccc5c4N3CCNC5=O)cc2)cc1. The first-order valence-electron chi connectivity index (χ1n) is 11.1. The summed E-state index contributed by atoms with van der Waals surface area (Å²) < 4.78 is 5.21. The Morgan fingerprint density at radius 3 is 2.59 bits per heavy atom. The summed E-state index contributed by atoms with van der Waals surface area (Å²) in [6.45, 7) is 3.18. The monoisotopic (exact) mass is 428 g/mol. The zero-order chi connectivity index (χ0) is 21.9. The van der Waals surface area contributed by atoms with E-state index in [1.165, 1.54) is 16.7 Å². The fourth-order valence-corrected chi connectivity index (χ4v) is 4.47. The molecule has 1 amide bonds. The molecule has 2 heterocycles. The molecule has 3 aromatic carbocycles. The van der Waals surface area contributed by atoms with Gasteiger partial charge in [0.05, 0.1) is 24.0 Å². The zero-order valence-electron chi connectivity index (χ0n) is 18.2. The number of methoxy groups -OCH3 is 1. The van der Waals surface area contributed by atoms with Crippen molar-refractivity contribution >= 4 is 17.3 Å². The molecule has 0 bridgehead atoms. The third kappa shape index (κ3) is 4.01. The van der Waals surface area contributed by atoms with Crippen molar-refractivity contribution in [1.82, 2.24) is 10.6 Å². The van der Waals surface area contributed by atoms with Crippen molar-refractivity contribution in [1.29, 1.82) is 0 Å². The summed E-state index contributed by atoms with van der Waals surface area (Å²) in [5, 5.41) is 10.1. The Hall–Kier alpha value is -3.51. The van der Waals surface area contributed by atoms with E-state index in [4.69, 9.17) is 4.74 Å². The molecule has 0 radical (unpaired) electrons. The van der Waals surface area contributed by atoms with Crippen molar-refractivity contribution in [2.24, 2.45) is 0 Å². The van der Waals surface area contributed by atoms with Crippen molar-refractivity contribution in [2.75, 3.05) is 37.0 Å². The van der Waals surface area contributed by atoms with Crippen molar-refractivity contribution in [3.8, 4) is 5.75 Å². The van der Waals surface area contributed by atoms with E-state index in [0.29, 0.717) is 6.54 Å². The van der Waals surface area contributed by atoms with Crippen molar-refractivity contribution < 1.29 is 9.53 Å². The molecule has 0 spiro atoms. The van der Waals surface area contributed by atoms with E-state index in [2.05, 4.69) is 57.2 Å². The maximum absolute atomic E-state index is 12.4. The standard InChI is InChI=1S/C26H28N4O2/c1-32-21-11-7-18(8-12-21)13-14-27-17-19-5-9-20(10-6-19)25-29-23-4-2-3-22-24(23)30(25)16-15-28-26(22)31/h2-12,25,27,29H,13-17H2,1H3,(H,28,31). The first-order valence-corrected chi connectivity index (χ1v) is 11.1. The molecule has 2 aliphatic rings. The van der Waals surface area contributed by atoms with Crippen LogP contribution in [0.25, 0.3) is 0 Å². The molecule has 0 aromatic heterocycles. The fourth-order valence-electron chi connectivity index (χ4n) is 4.47. The summed E-state index contributed by atoms with van der Waals surface area (Å²) in [5.41, 5.74) is 6.53. The predicted octanol–water partition coefficient (Wildman–Crippen LogP) is 3.70. The molecule has 164 valence electrons. The quantitative estimate of drug-likeness (QED) is 0.501. The van der Waals surface area contributed by atoms with Crippen LogP contribution in [-0.2, 0) is 13.0 Å². The minimum atomic E-state index is 0.00265. The van der Waals surface area contributed by atoms with Crippen molar-refractivity contribution in [3.63, 3.8) is 0 Å². The van der Waals surface area contributed by atoms with E-state index in [0.717, 1.165) is 48.7 Å². The van der Waals surface area contributed by atoms with Crippen molar-refractivity contribution in [3.05, 3.63) is 89.0 Å². The summed E-state index contributed by atoms with van der Waals surface area (Å²) in [7, 11) is 1.69. The largest absolute Gasteiger partial charge is 0.497 e. The van der Waals surface area contributed by atoms with Crippen LogP contribution in [0.4, 0.5) is 11.4 Å². The molecule has 0 saturated heterocycles. The number of hydrogen-bond acceptors (Lipinski definition) is 5. The van der Waals surface area contributed by atoms with Gasteiger partial charge in [0.2, 0.25) is 0 Å². The van der Waals surface area contributed by atoms with Gasteiger partial charge in [0.15, 0.2) is 0 Å². The van der Waals surface area contributed by atoms with Crippen LogP contribution < -0.4 is 25.6 Å². The summed E-state index contributed by atoms with van der Waals surface area (Å²) in [6.07, 6.45) is 1.02. The van der Waals surface area contributed by atoms with E-state index in [9.17, 15) is 4.79 Å². The summed E-state index contributed by atoms with van der Waals surface area (Å²) >= 11 is 0. The fraction of sp³-hybridized carbons (Fsp3) is 0.269. The first kappa shape index (κ1) is 20.4. The second-order valence-corrected chi connectivity index (χ2v) is 8.21. The maximum Gasteiger partial charge on any atom is 0.253 e. The van der Waals surface area contributed by atoms with Gasteiger partial charge < -0.3 is 25.6 Å². The number of amides is 1. The topological polar surface area (TPSA) is 65.6 Å². The van der Waals surface area contributed by atoms with Gasteiger partial charge in [-0.2, -0.15) is 0 Å². The molecule has 1 unspecified atom stereocenters. The Bertz CT molecular complexity index is 1100. The number of ether oxygens (including phenoxy) is 1. The highest BCUT2D eigenvalue weighted by atomic mass is 16.5. The van der Waals surface area contributed by atoms with Gasteiger partial charge in [-0.25, -0.2) is 0 Å². The van der Waals surface area contributed by atoms with Gasteiger partial charge in [0, 0.05) is 19.6 Å². The highest BCUT2D eigenvalue weighted by Gasteiger charge is 2.34. The molecule has 5 rings (SSSR count). The van der Waals surface area contributed by atoms with E-state index in [1.54, 1.807) is 7.11 Å². The van der Waals surface area contributed by atoms with Crippen LogP contribution in [0.3, 0.4) is 0 Å². The molecule has 0 fully saturated rings. The van der Waals surface area contributed by atoms with Crippen LogP contribution in [-0.4, -0.2) is 32.7 Å². The highest BCUT2D eigenvalue weighted by molar-refractivity contribution is 6.04. The van der Waals surface area contributed by atoms with E-state index >= 15 is 0 Å². The summed E-state index contributed by atoms with van der Waals surface area (Å²) in [4.78, 5) is 14.7.